The van der Waals surface area contributed by atoms with Crippen LogP contribution in [-0.2, 0) is 28.7 Å². The van der Waals surface area contributed by atoms with Crippen LogP contribution in [0.3, 0.4) is 0 Å². The Balaban J connectivity index is 1.21. The summed E-state index contributed by atoms with van der Waals surface area (Å²) in [7, 11) is 0. The summed E-state index contributed by atoms with van der Waals surface area (Å²) < 4.78 is 60.2. The molecule has 0 radical (unpaired) electrons. The van der Waals surface area contributed by atoms with E-state index in [1.165, 1.54) is 6.07 Å². The van der Waals surface area contributed by atoms with Crippen LogP contribution in [-0.4, -0.2) is 47.9 Å². The van der Waals surface area contributed by atoms with Crippen LogP contribution >= 0.6 is 0 Å². The van der Waals surface area contributed by atoms with E-state index in [1.54, 1.807) is 18.2 Å². The number of hydrogen-bond acceptors (Lipinski definition) is 5. The largest absolute Gasteiger partial charge is 0.492 e. The van der Waals surface area contributed by atoms with Gasteiger partial charge in [-0.15, -0.1) is 0 Å². The molecular formula is C29H32F3NO5. The fourth-order valence-electron chi connectivity index (χ4n) is 6.67. The van der Waals surface area contributed by atoms with E-state index in [2.05, 4.69) is 4.90 Å². The molecule has 0 saturated carbocycles. The van der Waals surface area contributed by atoms with Gasteiger partial charge in [0.05, 0.1) is 24.2 Å². The third kappa shape index (κ3) is 4.86. The van der Waals surface area contributed by atoms with Crippen LogP contribution in [0.4, 0.5) is 13.2 Å². The van der Waals surface area contributed by atoms with Crippen molar-refractivity contribution >= 4 is 5.97 Å². The van der Waals surface area contributed by atoms with Crippen molar-refractivity contribution in [1.29, 1.82) is 0 Å². The van der Waals surface area contributed by atoms with E-state index in [0.717, 1.165) is 62.1 Å². The average molecular weight is 532 g/mol. The van der Waals surface area contributed by atoms with Gasteiger partial charge < -0.3 is 19.3 Å². The van der Waals surface area contributed by atoms with Crippen molar-refractivity contribution in [2.24, 2.45) is 0 Å². The quantitative estimate of drug-likeness (QED) is 0.503. The second-order valence-corrected chi connectivity index (χ2v) is 11.0. The topological polar surface area (TPSA) is 68.2 Å². The third-order valence-corrected chi connectivity index (χ3v) is 8.67. The highest BCUT2D eigenvalue weighted by Gasteiger charge is 2.41. The van der Waals surface area contributed by atoms with E-state index in [9.17, 15) is 18.0 Å². The minimum atomic E-state index is -4.42. The Kier molecular flexibility index (Phi) is 6.54. The van der Waals surface area contributed by atoms with Gasteiger partial charge in [-0.2, -0.15) is 13.2 Å². The first-order chi connectivity index (χ1) is 18.2. The highest BCUT2D eigenvalue weighted by molar-refractivity contribution is 5.68. The zero-order chi connectivity index (χ0) is 26.5. The van der Waals surface area contributed by atoms with E-state index in [0.29, 0.717) is 36.5 Å². The molecule has 4 aliphatic rings. The number of halogens is 3. The second kappa shape index (κ2) is 9.75. The number of carbonyl (C=O) groups is 1. The molecule has 2 atom stereocenters. The second-order valence-electron chi connectivity index (χ2n) is 11.0. The van der Waals surface area contributed by atoms with Gasteiger partial charge in [0.25, 0.3) is 0 Å². The predicted octanol–water partition coefficient (Wildman–Crippen LogP) is 5.87. The summed E-state index contributed by atoms with van der Waals surface area (Å²) in [4.78, 5) is 13.3. The number of benzene rings is 2. The van der Waals surface area contributed by atoms with Gasteiger partial charge in [-0.1, -0.05) is 12.1 Å². The highest BCUT2D eigenvalue weighted by atomic mass is 19.4. The van der Waals surface area contributed by atoms with Gasteiger partial charge in [0.15, 0.2) is 0 Å². The number of alkyl halides is 3. The molecule has 0 bridgehead atoms. The molecule has 1 N–H and O–H groups in total. The maximum atomic E-state index is 14.1. The van der Waals surface area contributed by atoms with Crippen molar-refractivity contribution in [1.82, 2.24) is 4.90 Å². The smallest absolute Gasteiger partial charge is 0.416 e. The molecule has 2 saturated heterocycles. The van der Waals surface area contributed by atoms with Crippen LogP contribution in [0.5, 0.6) is 11.5 Å². The summed E-state index contributed by atoms with van der Waals surface area (Å²) in [6, 6.07) is 8.17. The maximum absolute atomic E-state index is 14.1. The number of hydrogen-bond donors (Lipinski definition) is 1. The number of likely N-dealkylation sites (tertiary alicyclic amines) is 1. The van der Waals surface area contributed by atoms with E-state index in [4.69, 9.17) is 19.3 Å². The summed E-state index contributed by atoms with van der Waals surface area (Å²) in [5.74, 6) is 0.0995. The zero-order valence-corrected chi connectivity index (χ0v) is 21.2. The fraction of sp³-hybridized carbons (Fsp3) is 0.552. The molecule has 3 heterocycles. The molecule has 9 heteroatoms. The molecule has 2 aromatic carbocycles. The van der Waals surface area contributed by atoms with Gasteiger partial charge in [0.2, 0.25) is 0 Å². The minimum absolute atomic E-state index is 0.00144. The lowest BCUT2D eigenvalue weighted by atomic mass is 9.88. The van der Waals surface area contributed by atoms with Crippen molar-refractivity contribution in [3.05, 3.63) is 58.1 Å². The van der Waals surface area contributed by atoms with Crippen LogP contribution in [0.1, 0.15) is 78.4 Å². The number of fused-ring (bicyclic) bond motifs is 2. The monoisotopic (exact) mass is 531 g/mol. The van der Waals surface area contributed by atoms with Crippen LogP contribution < -0.4 is 9.47 Å². The van der Waals surface area contributed by atoms with Crippen molar-refractivity contribution in [2.45, 2.75) is 75.3 Å². The van der Waals surface area contributed by atoms with Gasteiger partial charge in [-0.25, -0.2) is 0 Å². The summed E-state index contributed by atoms with van der Waals surface area (Å²) in [6.45, 7) is 2.84. The Hall–Kier alpha value is -2.78. The molecule has 1 aliphatic carbocycles. The van der Waals surface area contributed by atoms with Crippen molar-refractivity contribution in [2.75, 3.05) is 26.3 Å². The first kappa shape index (κ1) is 25.5. The lowest BCUT2D eigenvalue weighted by molar-refractivity contribution is -0.139. The number of piperidine rings is 1. The molecule has 38 heavy (non-hydrogen) atoms. The fourth-order valence-corrected chi connectivity index (χ4v) is 6.67. The molecule has 0 aromatic heterocycles. The van der Waals surface area contributed by atoms with Gasteiger partial charge in [-0.3, -0.25) is 9.69 Å². The molecule has 6 rings (SSSR count). The SMILES string of the molecule is O=C(O)C[C@@H]1COc2cc(O[C@@H]3CCc4c3ccc(C(F)(F)F)c4CN3CCC4(CCCO4)CC3)ccc21. The summed E-state index contributed by atoms with van der Waals surface area (Å²) >= 11 is 0. The number of ether oxygens (including phenoxy) is 3. The van der Waals surface area contributed by atoms with E-state index < -0.39 is 17.7 Å². The third-order valence-electron chi connectivity index (χ3n) is 8.67. The molecule has 2 fully saturated rings. The first-order valence-electron chi connectivity index (χ1n) is 13.4. The molecule has 3 aliphatic heterocycles. The number of rotatable bonds is 6. The summed E-state index contributed by atoms with van der Waals surface area (Å²) in [6.07, 6.45) is 0.190. The highest BCUT2D eigenvalue weighted by Crippen LogP contribution is 2.45. The maximum Gasteiger partial charge on any atom is 0.416 e. The van der Waals surface area contributed by atoms with Crippen molar-refractivity contribution in [3.63, 3.8) is 0 Å². The zero-order valence-electron chi connectivity index (χ0n) is 21.2. The number of carboxylic acid groups (broad SMARTS) is 1. The van der Waals surface area contributed by atoms with Gasteiger partial charge in [0.1, 0.15) is 17.6 Å². The van der Waals surface area contributed by atoms with Gasteiger partial charge in [0, 0.05) is 43.8 Å². The predicted molar refractivity (Wildman–Crippen MR) is 132 cm³/mol. The van der Waals surface area contributed by atoms with Gasteiger partial charge >= 0.3 is 12.1 Å². The van der Waals surface area contributed by atoms with Crippen LogP contribution in [0.2, 0.25) is 0 Å². The van der Waals surface area contributed by atoms with Crippen LogP contribution in [0, 0.1) is 0 Å². The number of aliphatic carboxylic acids is 1. The Morgan fingerprint density at radius 2 is 1.92 bits per heavy atom. The van der Waals surface area contributed by atoms with Crippen LogP contribution in [0.25, 0.3) is 0 Å². The Labute approximate surface area is 219 Å². The average Bonchev–Trinajstić information content (AvgIpc) is 3.60. The van der Waals surface area contributed by atoms with E-state index in [-0.39, 0.29) is 30.6 Å². The molecule has 0 unspecified atom stereocenters. The lowest BCUT2D eigenvalue weighted by Crippen LogP contribution is -2.43. The Morgan fingerprint density at radius 3 is 2.63 bits per heavy atom. The summed E-state index contributed by atoms with van der Waals surface area (Å²) in [5.41, 5.74) is 2.15. The van der Waals surface area contributed by atoms with Gasteiger partial charge in [-0.05, 0) is 67.3 Å². The molecule has 1 spiro atoms. The number of carboxylic acids is 1. The number of nitrogens with zero attached hydrogens (tertiary/aromatic N) is 1. The normalized spacial score (nSPS) is 24.3. The Bertz CT molecular complexity index is 1210. The van der Waals surface area contributed by atoms with Crippen molar-refractivity contribution < 1.29 is 37.3 Å². The van der Waals surface area contributed by atoms with Crippen LogP contribution in [0.15, 0.2) is 30.3 Å². The molecular weight excluding hydrogens is 499 g/mol. The van der Waals surface area contributed by atoms with Crippen molar-refractivity contribution in [3.8, 4) is 11.5 Å². The molecule has 204 valence electrons. The van der Waals surface area contributed by atoms with E-state index in [1.807, 2.05) is 6.07 Å². The molecule has 0 amide bonds. The molecule has 2 aromatic rings. The summed E-state index contributed by atoms with van der Waals surface area (Å²) in [5, 5.41) is 9.12. The minimum Gasteiger partial charge on any atom is -0.492 e. The molecule has 6 nitrogen and oxygen atoms in total. The first-order valence-corrected chi connectivity index (χ1v) is 13.4. The Morgan fingerprint density at radius 1 is 1.13 bits per heavy atom. The lowest BCUT2D eigenvalue weighted by Gasteiger charge is -2.39. The standard InChI is InChI=1S/C29H32F3NO5/c30-29(31,32)24-6-4-22-21(23(24)16-33-11-9-28(10-12-33)8-1-13-37-28)5-7-25(22)38-19-2-3-20-18(14-27(34)35)17-36-26(20)15-19/h2-4,6,15,18,25H,1,5,7-14,16-17H2,(H,34,35)/t18-,25-/m1/s1. The van der Waals surface area contributed by atoms with E-state index >= 15 is 0 Å².